The average molecular weight is 438 g/mol. The van der Waals surface area contributed by atoms with Crippen LogP contribution in [0.2, 0.25) is 15.2 Å². The van der Waals surface area contributed by atoms with E-state index in [9.17, 15) is 19.8 Å². The Labute approximate surface area is 170 Å². The SMILES string of the molecule is [2H]CC(=O)OC[C@H]1OC(n2c(Cl)c(C(C)=O)c3cc(Cl)c(Cl)cc32)[C@H](O)[C@@H]1O. The van der Waals surface area contributed by atoms with Crippen LogP contribution in [0.25, 0.3) is 10.9 Å². The number of aromatic nitrogens is 1. The summed E-state index contributed by atoms with van der Waals surface area (Å²) in [5, 5.41) is 21.6. The summed E-state index contributed by atoms with van der Waals surface area (Å²) in [5.41, 5.74) is 0.550. The van der Waals surface area contributed by atoms with Crippen LogP contribution in [0.1, 0.15) is 31.8 Å². The van der Waals surface area contributed by atoms with Crippen LogP contribution in [0.15, 0.2) is 12.1 Å². The fraction of sp³-hybridized carbons (Fsp3) is 0.412. The number of ketones is 1. The lowest BCUT2D eigenvalue weighted by molar-refractivity contribution is -0.147. The molecule has 1 aromatic heterocycles. The maximum Gasteiger partial charge on any atom is 0.302 e. The topological polar surface area (TPSA) is 98.0 Å². The molecule has 1 aliphatic rings. The van der Waals surface area contributed by atoms with Gasteiger partial charge in [-0.25, -0.2) is 0 Å². The molecule has 2 heterocycles. The predicted octanol–water partition coefficient (Wildman–Crippen LogP) is 2.99. The Morgan fingerprint density at radius 3 is 2.56 bits per heavy atom. The summed E-state index contributed by atoms with van der Waals surface area (Å²) >= 11 is 18.6. The number of carbonyl (C=O) groups excluding carboxylic acids is 2. The molecule has 1 aliphatic heterocycles. The molecule has 0 radical (unpaired) electrons. The Morgan fingerprint density at radius 2 is 1.93 bits per heavy atom. The minimum absolute atomic E-state index is 0.0131. The quantitative estimate of drug-likeness (QED) is 0.564. The molecule has 1 aromatic carbocycles. The van der Waals surface area contributed by atoms with Crippen molar-refractivity contribution in [3.8, 4) is 0 Å². The van der Waals surface area contributed by atoms with Crippen molar-refractivity contribution in [3.05, 3.63) is 32.9 Å². The Kier molecular flexibility index (Phi) is 5.33. The normalized spacial score (nSPS) is 25.6. The zero-order chi connectivity index (χ0) is 20.7. The van der Waals surface area contributed by atoms with Gasteiger partial charge in [0, 0.05) is 13.7 Å². The maximum atomic E-state index is 12.1. The van der Waals surface area contributed by atoms with E-state index in [2.05, 4.69) is 0 Å². The van der Waals surface area contributed by atoms with Crippen LogP contribution >= 0.6 is 34.8 Å². The summed E-state index contributed by atoms with van der Waals surface area (Å²) in [5.74, 6) is -1.13. The molecule has 7 nitrogen and oxygen atoms in total. The predicted molar refractivity (Wildman–Crippen MR) is 99.5 cm³/mol. The Bertz CT molecular complexity index is 949. The third-order valence-electron chi connectivity index (χ3n) is 4.34. The van der Waals surface area contributed by atoms with Crippen LogP contribution in [0.3, 0.4) is 0 Å². The van der Waals surface area contributed by atoms with Gasteiger partial charge in [0.25, 0.3) is 0 Å². The molecule has 1 unspecified atom stereocenters. The Morgan fingerprint density at radius 1 is 1.26 bits per heavy atom. The Balaban J connectivity index is 2.05. The summed E-state index contributed by atoms with van der Waals surface area (Å²) in [6.07, 6.45) is -5.04. The largest absolute Gasteiger partial charge is 0.463 e. The van der Waals surface area contributed by atoms with E-state index in [4.69, 9.17) is 45.6 Å². The highest BCUT2D eigenvalue weighted by Crippen LogP contribution is 2.41. The van der Waals surface area contributed by atoms with Crippen LogP contribution in [0, 0.1) is 0 Å². The molecule has 4 atom stereocenters. The number of aliphatic hydroxyl groups excluding tert-OH is 2. The van der Waals surface area contributed by atoms with E-state index in [1.165, 1.54) is 23.6 Å². The van der Waals surface area contributed by atoms with Crippen molar-refractivity contribution in [3.63, 3.8) is 0 Å². The first-order chi connectivity index (χ1) is 13.2. The van der Waals surface area contributed by atoms with Crippen molar-refractivity contribution in [2.75, 3.05) is 6.61 Å². The number of hydrogen-bond donors (Lipinski definition) is 2. The van der Waals surface area contributed by atoms with Gasteiger partial charge in [0.2, 0.25) is 0 Å². The average Bonchev–Trinajstić information content (AvgIpc) is 3.07. The zero-order valence-electron chi connectivity index (χ0n) is 15.0. The van der Waals surface area contributed by atoms with Crippen LogP contribution in [0.5, 0.6) is 0 Å². The van der Waals surface area contributed by atoms with E-state index in [0.29, 0.717) is 10.9 Å². The molecule has 0 aliphatic carbocycles. The smallest absolute Gasteiger partial charge is 0.302 e. The molecule has 146 valence electrons. The first-order valence-electron chi connectivity index (χ1n) is 8.53. The van der Waals surface area contributed by atoms with Gasteiger partial charge in [0.1, 0.15) is 30.1 Å². The van der Waals surface area contributed by atoms with Crippen molar-refractivity contribution < 1.29 is 30.6 Å². The number of hydrogen-bond acceptors (Lipinski definition) is 6. The molecule has 0 spiro atoms. The van der Waals surface area contributed by atoms with Crippen molar-refractivity contribution >= 4 is 57.5 Å². The number of carbonyl (C=O) groups is 2. The molecular weight excluding hydrogens is 421 g/mol. The lowest BCUT2D eigenvalue weighted by Crippen LogP contribution is -2.34. The minimum Gasteiger partial charge on any atom is -0.463 e. The summed E-state index contributed by atoms with van der Waals surface area (Å²) in [6, 6.07) is 2.97. The van der Waals surface area contributed by atoms with Gasteiger partial charge in [0.15, 0.2) is 12.0 Å². The zero-order valence-corrected chi connectivity index (χ0v) is 16.3. The number of fused-ring (bicyclic) bond motifs is 1. The molecule has 3 rings (SSSR count). The summed E-state index contributed by atoms with van der Waals surface area (Å²) in [6.45, 7) is 0.400. The Hall–Kier alpha value is -1.35. The molecule has 2 N–H and O–H groups in total. The van der Waals surface area contributed by atoms with E-state index in [-0.39, 0.29) is 33.2 Å². The van der Waals surface area contributed by atoms with E-state index in [1.54, 1.807) is 0 Å². The number of halogens is 3. The van der Waals surface area contributed by atoms with E-state index in [1.807, 2.05) is 0 Å². The van der Waals surface area contributed by atoms with Crippen LogP contribution < -0.4 is 0 Å². The molecule has 0 saturated carbocycles. The highest BCUT2D eigenvalue weighted by Gasteiger charge is 2.45. The van der Waals surface area contributed by atoms with Crippen molar-refractivity contribution in [2.24, 2.45) is 0 Å². The van der Waals surface area contributed by atoms with Gasteiger partial charge >= 0.3 is 5.97 Å². The van der Waals surface area contributed by atoms with Gasteiger partial charge in [-0.05, 0) is 19.1 Å². The van der Waals surface area contributed by atoms with Gasteiger partial charge in [-0.1, -0.05) is 34.8 Å². The maximum absolute atomic E-state index is 12.1. The number of rotatable bonds is 4. The number of Topliss-reactive ketones (excluding diaryl/α,β-unsaturated/α-hetero) is 1. The molecule has 1 fully saturated rings. The van der Waals surface area contributed by atoms with Gasteiger partial charge in [-0.15, -0.1) is 0 Å². The molecule has 0 bridgehead atoms. The number of ether oxygens (including phenoxy) is 2. The number of esters is 1. The minimum atomic E-state index is -1.43. The first-order valence-corrected chi connectivity index (χ1v) is 8.96. The fourth-order valence-electron chi connectivity index (χ4n) is 3.11. The van der Waals surface area contributed by atoms with Crippen molar-refractivity contribution in [1.29, 1.82) is 0 Å². The van der Waals surface area contributed by atoms with Crippen LogP contribution in [-0.2, 0) is 14.3 Å². The molecule has 2 aromatic rings. The molecule has 27 heavy (non-hydrogen) atoms. The highest BCUT2D eigenvalue weighted by atomic mass is 35.5. The molecule has 1 saturated heterocycles. The molecule has 10 heteroatoms. The number of nitrogens with zero attached hydrogens (tertiary/aromatic N) is 1. The highest BCUT2D eigenvalue weighted by molar-refractivity contribution is 6.43. The van der Waals surface area contributed by atoms with Crippen molar-refractivity contribution in [2.45, 2.75) is 38.4 Å². The fourth-order valence-corrected chi connectivity index (χ4v) is 3.86. The van der Waals surface area contributed by atoms with E-state index >= 15 is 0 Å². The van der Waals surface area contributed by atoms with Crippen LogP contribution in [0.4, 0.5) is 0 Å². The third kappa shape index (κ3) is 3.55. The lowest BCUT2D eigenvalue weighted by atomic mass is 10.1. The van der Waals surface area contributed by atoms with E-state index in [0.717, 1.165) is 0 Å². The summed E-state index contributed by atoms with van der Waals surface area (Å²) in [7, 11) is 0. The summed E-state index contributed by atoms with van der Waals surface area (Å²) < 4.78 is 18.8. The van der Waals surface area contributed by atoms with Gasteiger partial charge < -0.3 is 24.3 Å². The van der Waals surface area contributed by atoms with Gasteiger partial charge in [0.05, 0.1) is 21.1 Å². The number of aliphatic hydroxyl groups is 2. The molecular formula is C17H16Cl3NO6. The van der Waals surface area contributed by atoms with Crippen molar-refractivity contribution in [1.82, 2.24) is 4.57 Å². The second-order valence-corrected chi connectivity index (χ2v) is 7.28. The second-order valence-electron chi connectivity index (χ2n) is 6.10. The summed E-state index contributed by atoms with van der Waals surface area (Å²) in [4.78, 5) is 23.3. The second kappa shape index (κ2) is 7.58. The first kappa shape index (κ1) is 19.0. The van der Waals surface area contributed by atoms with Crippen LogP contribution in [-0.4, -0.2) is 51.5 Å². The van der Waals surface area contributed by atoms with Gasteiger partial charge in [-0.3, -0.25) is 9.59 Å². The molecule has 0 amide bonds. The third-order valence-corrected chi connectivity index (χ3v) is 5.43. The van der Waals surface area contributed by atoms with Gasteiger partial charge in [-0.2, -0.15) is 0 Å². The lowest BCUT2D eigenvalue weighted by Gasteiger charge is -2.19. The van der Waals surface area contributed by atoms with E-state index < -0.39 is 37.4 Å². The monoisotopic (exact) mass is 436 g/mol. The standard InChI is InChI=1S/C17H16Cl3NO6/c1-6(22)13-8-3-9(18)10(19)4-11(8)21(16(13)20)17-15(25)14(24)12(27-17)5-26-7(2)23/h3-4,12,14-15,17,24-25H,5H2,1-2H3/t12-,14-,15-,17?/m1/s1/i2D. The number of benzene rings is 1.